The number of aryl methyl sites for hydroxylation is 2. The van der Waals surface area contributed by atoms with Crippen molar-refractivity contribution in [1.82, 2.24) is 14.4 Å². The first-order valence-electron chi connectivity index (χ1n) is 13.5. The molecule has 3 aromatic heterocycles. The minimum atomic E-state index is -1.84. The molecule has 0 radical (unpaired) electrons. The minimum Gasteiger partial charge on any atom is -0.412 e. The number of thiazole rings is 1. The molecule has 0 amide bonds. The van der Waals surface area contributed by atoms with Crippen molar-refractivity contribution in [3.8, 4) is 0 Å². The molecular formula is C28H40N4O2SSi. The summed E-state index contributed by atoms with van der Waals surface area (Å²) in [6, 6.07) is 5.79. The summed E-state index contributed by atoms with van der Waals surface area (Å²) in [5.74, 6) is 1.46. The molecule has 1 saturated carbocycles. The molecule has 5 rings (SSSR count). The van der Waals surface area contributed by atoms with Crippen LogP contribution in [0.4, 0.5) is 5.82 Å². The van der Waals surface area contributed by atoms with Gasteiger partial charge in [0.1, 0.15) is 11.5 Å². The van der Waals surface area contributed by atoms with Crippen LogP contribution in [0.2, 0.25) is 18.1 Å². The van der Waals surface area contributed by atoms with E-state index in [1.165, 1.54) is 35.5 Å². The van der Waals surface area contributed by atoms with Crippen molar-refractivity contribution in [3.63, 3.8) is 0 Å². The lowest BCUT2D eigenvalue weighted by Gasteiger charge is -2.42. The highest BCUT2D eigenvalue weighted by molar-refractivity contribution is 7.09. The summed E-state index contributed by atoms with van der Waals surface area (Å²) >= 11 is 1.78. The zero-order valence-electron chi connectivity index (χ0n) is 22.4. The molecule has 0 bridgehead atoms. The predicted octanol–water partition coefficient (Wildman–Crippen LogP) is 6.19. The fraction of sp³-hybridized carbons (Fsp3) is 0.607. The van der Waals surface area contributed by atoms with Crippen LogP contribution in [-0.2, 0) is 17.3 Å². The van der Waals surface area contributed by atoms with Crippen molar-refractivity contribution in [3.05, 3.63) is 56.4 Å². The number of nitrogens with zero attached hydrogens (tertiary/aromatic N) is 4. The average molecular weight is 525 g/mol. The maximum atomic E-state index is 12.9. The number of fused-ring (bicyclic) bond motifs is 1. The second kappa shape index (κ2) is 10.0. The molecule has 1 aliphatic carbocycles. The van der Waals surface area contributed by atoms with E-state index in [-0.39, 0.29) is 16.7 Å². The van der Waals surface area contributed by atoms with E-state index < -0.39 is 8.32 Å². The zero-order chi connectivity index (χ0) is 25.5. The van der Waals surface area contributed by atoms with Gasteiger partial charge in [0.25, 0.3) is 5.56 Å². The molecule has 0 spiro atoms. The Morgan fingerprint density at radius 1 is 1.11 bits per heavy atom. The molecule has 0 aromatic carbocycles. The summed E-state index contributed by atoms with van der Waals surface area (Å²) in [4.78, 5) is 25.0. The van der Waals surface area contributed by atoms with Gasteiger partial charge in [-0.2, -0.15) is 0 Å². The van der Waals surface area contributed by atoms with E-state index in [0.717, 1.165) is 50.2 Å². The molecule has 2 aliphatic rings. The topological polar surface area (TPSA) is 59.7 Å². The van der Waals surface area contributed by atoms with E-state index in [0.29, 0.717) is 5.92 Å². The van der Waals surface area contributed by atoms with Crippen molar-refractivity contribution in [2.45, 2.75) is 95.9 Å². The lowest BCUT2D eigenvalue weighted by molar-refractivity contribution is 0.160. The van der Waals surface area contributed by atoms with Crippen molar-refractivity contribution >= 4 is 31.1 Å². The predicted molar refractivity (Wildman–Crippen MR) is 151 cm³/mol. The molecule has 4 heterocycles. The van der Waals surface area contributed by atoms with Gasteiger partial charge in [0.05, 0.1) is 16.8 Å². The van der Waals surface area contributed by atoms with Gasteiger partial charge in [0.15, 0.2) is 8.32 Å². The smallest absolute Gasteiger partial charge is 0.259 e. The maximum absolute atomic E-state index is 12.9. The van der Waals surface area contributed by atoms with E-state index in [2.05, 4.69) is 50.2 Å². The average Bonchev–Trinajstić information content (AvgIpc) is 3.23. The summed E-state index contributed by atoms with van der Waals surface area (Å²) in [6.07, 6.45) is 9.92. The first-order valence-corrected chi connectivity index (χ1v) is 17.3. The summed E-state index contributed by atoms with van der Waals surface area (Å²) in [5, 5.41) is 3.63. The van der Waals surface area contributed by atoms with Gasteiger partial charge >= 0.3 is 0 Å². The summed E-state index contributed by atoms with van der Waals surface area (Å²) in [6.45, 7) is 13.2. The zero-order valence-corrected chi connectivity index (χ0v) is 24.2. The number of hydrogen-bond donors (Lipinski definition) is 0. The van der Waals surface area contributed by atoms with Crippen LogP contribution in [0.5, 0.6) is 0 Å². The fourth-order valence-corrected chi connectivity index (χ4v) is 7.13. The summed E-state index contributed by atoms with van der Waals surface area (Å²) < 4.78 is 8.37. The van der Waals surface area contributed by atoms with E-state index >= 15 is 0 Å². The monoisotopic (exact) mass is 524 g/mol. The number of hydrogen-bond acceptors (Lipinski definition) is 6. The Kier molecular flexibility index (Phi) is 7.13. The largest absolute Gasteiger partial charge is 0.412 e. The van der Waals surface area contributed by atoms with Crippen molar-refractivity contribution in [1.29, 1.82) is 0 Å². The van der Waals surface area contributed by atoms with Gasteiger partial charge in [-0.05, 0) is 67.9 Å². The highest BCUT2D eigenvalue weighted by Gasteiger charge is 2.40. The van der Waals surface area contributed by atoms with Crippen molar-refractivity contribution in [2.24, 2.45) is 0 Å². The SMILES string of the molecule is CC(C)(C)[Si](C)(C)OC1CCCN(c2cc(=O)n3ccc(CCc4nc(C5CCC5)cs4)cc3n2)C1. The summed E-state index contributed by atoms with van der Waals surface area (Å²) in [7, 11) is -1.84. The third-order valence-corrected chi connectivity index (χ3v) is 13.9. The van der Waals surface area contributed by atoms with Gasteiger partial charge in [0, 0.05) is 43.1 Å². The van der Waals surface area contributed by atoms with E-state index in [1.54, 1.807) is 21.8 Å². The molecule has 0 N–H and O–H groups in total. The minimum absolute atomic E-state index is 0.0287. The second-order valence-electron chi connectivity index (χ2n) is 12.1. The van der Waals surface area contributed by atoms with Crippen molar-refractivity contribution in [2.75, 3.05) is 18.0 Å². The molecule has 2 fully saturated rings. The lowest BCUT2D eigenvalue weighted by atomic mass is 9.83. The van der Waals surface area contributed by atoms with Crippen LogP contribution in [-0.4, -0.2) is 41.9 Å². The van der Waals surface area contributed by atoms with E-state index in [4.69, 9.17) is 14.4 Å². The molecule has 8 heteroatoms. The van der Waals surface area contributed by atoms with Gasteiger partial charge in [0.2, 0.25) is 0 Å². The Bertz CT molecular complexity index is 1270. The standard InChI is InChI=1S/C28H40N4O2SSi/c1-28(2,3)36(4,5)34-22-10-7-14-31(18-22)24-17-27(33)32-15-13-20(16-25(32)30-24)11-12-26-29-23(19-35-26)21-8-6-9-21/h13,15-17,19,21-22H,6-12,14,18H2,1-5H3. The van der Waals surface area contributed by atoms with Gasteiger partial charge in [-0.1, -0.05) is 27.2 Å². The van der Waals surface area contributed by atoms with Crippen LogP contribution < -0.4 is 10.5 Å². The molecule has 6 nitrogen and oxygen atoms in total. The second-order valence-corrected chi connectivity index (χ2v) is 17.8. The van der Waals surface area contributed by atoms with Crippen LogP contribution in [0.3, 0.4) is 0 Å². The Balaban J connectivity index is 1.30. The van der Waals surface area contributed by atoms with E-state index in [1.807, 2.05) is 12.3 Å². The molecule has 1 atom stereocenters. The molecule has 1 unspecified atom stereocenters. The van der Waals surface area contributed by atoms with Crippen LogP contribution in [0, 0.1) is 0 Å². The third kappa shape index (κ3) is 5.45. The van der Waals surface area contributed by atoms with Crippen LogP contribution in [0.25, 0.3) is 5.65 Å². The first-order chi connectivity index (χ1) is 17.1. The van der Waals surface area contributed by atoms with Crippen LogP contribution in [0.15, 0.2) is 34.6 Å². The fourth-order valence-electron chi connectivity index (χ4n) is 4.87. The van der Waals surface area contributed by atoms with Crippen molar-refractivity contribution < 1.29 is 4.43 Å². The Morgan fingerprint density at radius 3 is 2.64 bits per heavy atom. The van der Waals surface area contributed by atoms with Gasteiger partial charge in [-0.3, -0.25) is 9.20 Å². The number of pyridine rings is 1. The van der Waals surface area contributed by atoms with Gasteiger partial charge in [-0.15, -0.1) is 11.3 Å². The maximum Gasteiger partial charge on any atom is 0.259 e. The highest BCUT2D eigenvalue weighted by atomic mass is 32.1. The molecule has 1 aliphatic heterocycles. The van der Waals surface area contributed by atoms with Crippen LogP contribution >= 0.6 is 11.3 Å². The lowest BCUT2D eigenvalue weighted by Crippen LogP contribution is -2.49. The number of anilines is 1. The van der Waals surface area contributed by atoms with Gasteiger partial charge < -0.3 is 9.33 Å². The number of piperidine rings is 1. The molecule has 1 saturated heterocycles. The Labute approximate surface area is 219 Å². The molecular weight excluding hydrogens is 484 g/mol. The van der Waals surface area contributed by atoms with Crippen LogP contribution in [0.1, 0.15) is 75.1 Å². The first kappa shape index (κ1) is 25.6. The molecule has 194 valence electrons. The quantitative estimate of drug-likeness (QED) is 0.345. The number of rotatable bonds is 7. The van der Waals surface area contributed by atoms with Gasteiger partial charge in [-0.25, -0.2) is 9.97 Å². The normalized spacial score (nSPS) is 19.6. The highest BCUT2D eigenvalue weighted by Crippen LogP contribution is 2.38. The Hall–Kier alpha value is -2.03. The Morgan fingerprint density at radius 2 is 1.92 bits per heavy atom. The molecule has 3 aromatic rings. The van der Waals surface area contributed by atoms with E-state index in [9.17, 15) is 4.79 Å². The number of aromatic nitrogens is 3. The molecule has 36 heavy (non-hydrogen) atoms. The third-order valence-electron chi connectivity index (χ3n) is 8.41. The summed E-state index contributed by atoms with van der Waals surface area (Å²) in [5.41, 5.74) is 3.17.